The molecule has 0 spiro atoms. The molecule has 1 unspecified atom stereocenters. The number of nitrogens with one attached hydrogen (secondary N) is 1. The zero-order valence-electron chi connectivity index (χ0n) is 9.57. The van der Waals surface area contributed by atoms with Crippen LogP contribution in [0.25, 0.3) is 0 Å². The number of hydrogen-bond acceptors (Lipinski definition) is 3. The fraction of sp³-hybridized carbons (Fsp3) is 0.250. The van der Waals surface area contributed by atoms with Gasteiger partial charge in [0.1, 0.15) is 11.8 Å². The van der Waals surface area contributed by atoms with Gasteiger partial charge in [0.25, 0.3) is 0 Å². The smallest absolute Gasteiger partial charge is 0.480 e. The molecule has 0 amide bonds. The van der Waals surface area contributed by atoms with E-state index in [4.69, 9.17) is 11.5 Å². The maximum Gasteiger partial charge on any atom is 0.573 e. The van der Waals surface area contributed by atoms with Crippen molar-refractivity contribution in [2.75, 3.05) is 6.54 Å². The average Bonchev–Trinajstić information content (AvgIpc) is 2.29. The van der Waals surface area contributed by atoms with Gasteiger partial charge in [-0.05, 0) is 17.7 Å². The zero-order chi connectivity index (χ0) is 14.5. The number of terminal acetylenes is 1. The van der Waals surface area contributed by atoms with E-state index in [1.807, 2.05) is 0 Å². The van der Waals surface area contributed by atoms with Crippen LogP contribution >= 0.6 is 0 Å². The van der Waals surface area contributed by atoms with Crippen molar-refractivity contribution in [3.63, 3.8) is 0 Å². The minimum absolute atomic E-state index is 0.0256. The Morgan fingerprint density at radius 3 is 2.42 bits per heavy atom. The highest BCUT2D eigenvalue weighted by Crippen LogP contribution is 2.24. The molecule has 0 bridgehead atoms. The van der Waals surface area contributed by atoms with Crippen LogP contribution in [0.1, 0.15) is 11.6 Å². The molecule has 7 heteroatoms. The Bertz CT molecular complexity index is 476. The van der Waals surface area contributed by atoms with Gasteiger partial charge in [0.2, 0.25) is 0 Å². The van der Waals surface area contributed by atoms with Crippen LogP contribution in [0.3, 0.4) is 0 Å². The fourth-order valence-corrected chi connectivity index (χ4v) is 1.37. The summed E-state index contributed by atoms with van der Waals surface area (Å²) >= 11 is 0. The van der Waals surface area contributed by atoms with Crippen molar-refractivity contribution in [1.82, 2.24) is 5.32 Å². The first-order valence-electron chi connectivity index (χ1n) is 5.09. The Morgan fingerprint density at radius 1 is 1.42 bits per heavy atom. The number of ether oxygens (including phenoxy) is 1. The number of aliphatic carboxylic acids is 1. The quantitative estimate of drug-likeness (QED) is 0.805. The molecule has 4 nitrogen and oxygen atoms in total. The van der Waals surface area contributed by atoms with Gasteiger partial charge in [0.15, 0.2) is 0 Å². The summed E-state index contributed by atoms with van der Waals surface area (Å²) in [5, 5.41) is 11.5. The van der Waals surface area contributed by atoms with Crippen LogP contribution in [-0.4, -0.2) is 24.0 Å². The van der Waals surface area contributed by atoms with Crippen LogP contribution < -0.4 is 10.1 Å². The summed E-state index contributed by atoms with van der Waals surface area (Å²) in [6, 6.07) is 3.44. The maximum absolute atomic E-state index is 11.9. The number of alkyl halides is 3. The molecule has 0 radical (unpaired) electrons. The Kier molecular flexibility index (Phi) is 4.78. The Hall–Kier alpha value is -2.20. The molecule has 102 valence electrons. The summed E-state index contributed by atoms with van der Waals surface area (Å²) in [7, 11) is 0. The minimum Gasteiger partial charge on any atom is -0.480 e. The maximum atomic E-state index is 11.9. The van der Waals surface area contributed by atoms with Crippen molar-refractivity contribution in [2.45, 2.75) is 12.4 Å². The Labute approximate surface area is 107 Å². The number of rotatable bonds is 5. The normalized spacial score (nSPS) is 12.5. The van der Waals surface area contributed by atoms with Crippen molar-refractivity contribution in [3.8, 4) is 18.1 Å². The minimum atomic E-state index is -4.78. The third kappa shape index (κ3) is 4.89. The fourth-order valence-electron chi connectivity index (χ4n) is 1.37. The van der Waals surface area contributed by atoms with E-state index in [1.165, 1.54) is 12.1 Å². The second-order valence-corrected chi connectivity index (χ2v) is 3.47. The van der Waals surface area contributed by atoms with Crippen LogP contribution in [0.5, 0.6) is 5.75 Å². The van der Waals surface area contributed by atoms with Gasteiger partial charge in [-0.15, -0.1) is 19.6 Å². The summed E-state index contributed by atoms with van der Waals surface area (Å²) in [5.74, 6) is 0.617. The van der Waals surface area contributed by atoms with Gasteiger partial charge in [0.05, 0.1) is 6.54 Å². The van der Waals surface area contributed by atoms with Gasteiger partial charge in [-0.1, -0.05) is 18.1 Å². The third-order valence-electron chi connectivity index (χ3n) is 2.10. The lowest BCUT2D eigenvalue weighted by atomic mass is 10.1. The van der Waals surface area contributed by atoms with Crippen LogP contribution in [0, 0.1) is 12.3 Å². The SMILES string of the molecule is C#CCNC(C(=O)O)c1ccc(OC(F)(F)F)cc1. The van der Waals surface area contributed by atoms with E-state index in [2.05, 4.69) is 16.0 Å². The van der Waals surface area contributed by atoms with E-state index in [0.29, 0.717) is 0 Å². The molecule has 19 heavy (non-hydrogen) atoms. The summed E-state index contributed by atoms with van der Waals surface area (Å²) in [4.78, 5) is 11.0. The summed E-state index contributed by atoms with van der Waals surface area (Å²) in [6.45, 7) is 0.0256. The summed E-state index contributed by atoms with van der Waals surface area (Å²) in [5.41, 5.74) is 0.275. The molecule has 1 aromatic rings. The number of carbonyl (C=O) groups is 1. The van der Waals surface area contributed by atoms with Crippen molar-refractivity contribution in [3.05, 3.63) is 29.8 Å². The summed E-state index contributed by atoms with van der Waals surface area (Å²) in [6.07, 6.45) is 0.216. The van der Waals surface area contributed by atoms with E-state index >= 15 is 0 Å². The van der Waals surface area contributed by atoms with E-state index in [1.54, 1.807) is 0 Å². The topological polar surface area (TPSA) is 58.6 Å². The molecule has 0 aliphatic heterocycles. The van der Waals surface area contributed by atoms with E-state index < -0.39 is 24.1 Å². The summed E-state index contributed by atoms with van der Waals surface area (Å²) < 4.78 is 39.5. The van der Waals surface area contributed by atoms with E-state index in [-0.39, 0.29) is 12.1 Å². The van der Waals surface area contributed by atoms with Gasteiger partial charge in [-0.25, -0.2) is 0 Å². The second-order valence-electron chi connectivity index (χ2n) is 3.47. The number of benzene rings is 1. The highest BCUT2D eigenvalue weighted by Gasteiger charge is 2.31. The molecular weight excluding hydrogens is 263 g/mol. The van der Waals surface area contributed by atoms with Crippen molar-refractivity contribution in [1.29, 1.82) is 0 Å². The standard InChI is InChI=1S/C12H10F3NO3/c1-2-7-16-10(11(17)18)8-3-5-9(6-4-8)19-12(13,14)15/h1,3-6,10,16H,7H2,(H,17,18). The highest BCUT2D eigenvalue weighted by molar-refractivity contribution is 5.75. The number of carboxylic acid groups (broad SMARTS) is 1. The second kappa shape index (κ2) is 6.11. The first-order valence-corrected chi connectivity index (χ1v) is 5.09. The zero-order valence-corrected chi connectivity index (χ0v) is 9.57. The van der Waals surface area contributed by atoms with Gasteiger partial charge in [-0.3, -0.25) is 10.1 Å². The van der Waals surface area contributed by atoms with Crippen molar-refractivity contribution < 1.29 is 27.8 Å². The predicted octanol–water partition coefficient (Wildman–Crippen LogP) is 1.93. The molecule has 1 rings (SSSR count). The molecule has 0 aliphatic rings. The lowest BCUT2D eigenvalue weighted by molar-refractivity contribution is -0.274. The largest absolute Gasteiger partial charge is 0.573 e. The molecule has 2 N–H and O–H groups in total. The first kappa shape index (κ1) is 14.9. The highest BCUT2D eigenvalue weighted by atomic mass is 19.4. The Morgan fingerprint density at radius 2 is 2.00 bits per heavy atom. The molecule has 1 aromatic carbocycles. The average molecular weight is 273 g/mol. The molecular formula is C12H10F3NO3. The lowest BCUT2D eigenvalue weighted by Crippen LogP contribution is -2.28. The van der Waals surface area contributed by atoms with Gasteiger partial charge < -0.3 is 9.84 Å². The van der Waals surface area contributed by atoms with Crippen LogP contribution in [0.2, 0.25) is 0 Å². The number of hydrogen-bond donors (Lipinski definition) is 2. The van der Waals surface area contributed by atoms with Crippen molar-refractivity contribution >= 4 is 5.97 Å². The van der Waals surface area contributed by atoms with Crippen LogP contribution in [0.15, 0.2) is 24.3 Å². The third-order valence-corrected chi connectivity index (χ3v) is 2.10. The lowest BCUT2D eigenvalue weighted by Gasteiger charge is -2.14. The molecule has 0 aliphatic carbocycles. The number of carboxylic acids is 1. The molecule has 0 saturated heterocycles. The molecule has 0 fully saturated rings. The first-order chi connectivity index (χ1) is 8.83. The molecule has 1 atom stereocenters. The van der Waals surface area contributed by atoms with Crippen LogP contribution in [0.4, 0.5) is 13.2 Å². The number of halogens is 3. The molecule has 0 saturated carbocycles. The van der Waals surface area contributed by atoms with Crippen LogP contribution in [-0.2, 0) is 4.79 Å². The van der Waals surface area contributed by atoms with Crippen molar-refractivity contribution in [2.24, 2.45) is 0 Å². The van der Waals surface area contributed by atoms with Gasteiger partial charge in [-0.2, -0.15) is 0 Å². The predicted molar refractivity (Wildman–Crippen MR) is 60.3 cm³/mol. The Balaban J connectivity index is 2.84. The molecule has 0 heterocycles. The van der Waals surface area contributed by atoms with Gasteiger partial charge in [0, 0.05) is 0 Å². The molecule has 0 aromatic heterocycles. The monoisotopic (exact) mass is 273 g/mol. The van der Waals surface area contributed by atoms with E-state index in [0.717, 1.165) is 12.1 Å². The van der Waals surface area contributed by atoms with Gasteiger partial charge >= 0.3 is 12.3 Å². The van der Waals surface area contributed by atoms with E-state index in [9.17, 15) is 18.0 Å².